The lowest BCUT2D eigenvalue weighted by Gasteiger charge is -2.14. The number of nitrogens with one attached hydrogen (secondary N) is 3. The molecule has 5 N–H and O–H groups in total. The molecule has 4 rings (SSSR count). The van der Waals surface area contributed by atoms with Crippen LogP contribution in [-0.2, 0) is 0 Å². The molecule has 0 aliphatic carbocycles. The standard InChI is InChI=1S/C26H26N4O4/c1-34-25-23(26(32)30-33)21-16-27-14-12-22(21)29-24(25)19-6-4-17(5-7-19)18-8-10-20(11-9-18)28-13-2-3-15-31/h4-12,14,16,28,31,33H,2-3,13,15H2,1H3,(H,30,32)/p+1. The molecule has 4 aromatic rings. The van der Waals surface area contributed by atoms with E-state index < -0.39 is 5.91 Å². The topological polar surface area (TPSA) is 118 Å². The molecule has 8 nitrogen and oxygen atoms in total. The quantitative estimate of drug-likeness (QED) is 0.172. The van der Waals surface area contributed by atoms with Crippen LogP contribution in [0.5, 0.6) is 5.75 Å². The number of unbranched alkanes of at least 4 members (excludes halogenated alkanes) is 1. The Balaban J connectivity index is 1.64. The first kappa shape index (κ1) is 23.2. The fourth-order valence-electron chi connectivity index (χ4n) is 3.88. The second-order valence-electron chi connectivity index (χ2n) is 7.77. The number of carbonyl (C=O) groups excluding carboxylic acids is 1. The van der Waals surface area contributed by atoms with Crippen molar-refractivity contribution in [1.29, 1.82) is 0 Å². The first-order valence-electron chi connectivity index (χ1n) is 11.0. The van der Waals surface area contributed by atoms with Crippen molar-refractivity contribution in [2.24, 2.45) is 0 Å². The van der Waals surface area contributed by atoms with Crippen molar-refractivity contribution in [3.8, 4) is 28.1 Å². The van der Waals surface area contributed by atoms with Crippen LogP contribution in [0.15, 0.2) is 67.0 Å². The number of fused-ring (bicyclic) bond motifs is 1. The van der Waals surface area contributed by atoms with E-state index in [9.17, 15) is 10.0 Å². The number of aromatic amines is 1. The number of aliphatic hydroxyl groups is 1. The molecule has 0 aliphatic rings. The fraction of sp³-hybridized carbons (Fsp3) is 0.192. The highest BCUT2D eigenvalue weighted by molar-refractivity contribution is 6.09. The highest BCUT2D eigenvalue weighted by atomic mass is 16.5. The highest BCUT2D eigenvalue weighted by Gasteiger charge is 2.23. The van der Waals surface area contributed by atoms with Gasteiger partial charge in [0.15, 0.2) is 18.1 Å². The van der Waals surface area contributed by atoms with Crippen LogP contribution in [-0.4, -0.2) is 41.5 Å². The molecule has 0 aliphatic heterocycles. The number of aromatic nitrogens is 2. The number of hydrogen-bond donors (Lipinski definition) is 4. The van der Waals surface area contributed by atoms with Crippen molar-refractivity contribution < 1.29 is 24.8 Å². The maximum Gasteiger partial charge on any atom is 0.279 e. The molecule has 2 heterocycles. The van der Waals surface area contributed by atoms with Crippen molar-refractivity contribution in [2.45, 2.75) is 12.8 Å². The lowest BCUT2D eigenvalue weighted by atomic mass is 9.99. The van der Waals surface area contributed by atoms with Gasteiger partial charge >= 0.3 is 0 Å². The number of nitrogens with zero attached hydrogens (tertiary/aromatic N) is 1. The van der Waals surface area contributed by atoms with Gasteiger partial charge in [-0.05, 0) is 36.1 Å². The average molecular weight is 460 g/mol. The summed E-state index contributed by atoms with van der Waals surface area (Å²) in [5.74, 6) is -0.394. The summed E-state index contributed by atoms with van der Waals surface area (Å²) in [6.45, 7) is 1.04. The first-order chi connectivity index (χ1) is 16.7. The molecule has 0 saturated heterocycles. The van der Waals surface area contributed by atoms with Gasteiger partial charge < -0.3 is 15.2 Å². The summed E-state index contributed by atoms with van der Waals surface area (Å²) in [6, 6.07) is 17.8. The Kier molecular flexibility index (Phi) is 7.31. The summed E-state index contributed by atoms with van der Waals surface area (Å²) < 4.78 is 5.57. The van der Waals surface area contributed by atoms with Crippen molar-refractivity contribution >= 4 is 22.5 Å². The van der Waals surface area contributed by atoms with Crippen LogP contribution in [0.1, 0.15) is 23.2 Å². The first-order valence-corrected chi connectivity index (χ1v) is 11.0. The summed E-state index contributed by atoms with van der Waals surface area (Å²) >= 11 is 0. The van der Waals surface area contributed by atoms with Crippen LogP contribution in [0.3, 0.4) is 0 Å². The molecular formula is C26H27N4O4+. The normalized spacial score (nSPS) is 10.8. The Morgan fingerprint density at radius 2 is 1.68 bits per heavy atom. The third-order valence-corrected chi connectivity index (χ3v) is 5.61. The van der Waals surface area contributed by atoms with E-state index in [1.54, 1.807) is 23.9 Å². The summed E-state index contributed by atoms with van der Waals surface area (Å²) in [4.78, 5) is 20.1. The van der Waals surface area contributed by atoms with Gasteiger partial charge in [0.25, 0.3) is 5.91 Å². The summed E-state index contributed by atoms with van der Waals surface area (Å²) in [5.41, 5.74) is 6.94. The number of aliphatic hydroxyl groups excluding tert-OH is 1. The van der Waals surface area contributed by atoms with Crippen LogP contribution in [0.4, 0.5) is 5.69 Å². The Labute approximate surface area is 197 Å². The molecule has 34 heavy (non-hydrogen) atoms. The van der Waals surface area contributed by atoms with E-state index >= 15 is 0 Å². The second-order valence-corrected chi connectivity index (χ2v) is 7.77. The van der Waals surface area contributed by atoms with E-state index in [-0.39, 0.29) is 17.9 Å². The monoisotopic (exact) mass is 459 g/mol. The molecule has 8 heteroatoms. The SMILES string of the molecule is COc1c(-c2ccc(-c3ccc(NCCCCO)cc3)cc2)nc2cc[nH+]cc2c1C(=O)NO. The number of H-pyrrole nitrogens is 1. The molecule has 0 unspecified atom stereocenters. The molecule has 0 bridgehead atoms. The van der Waals surface area contributed by atoms with Crippen LogP contribution < -0.4 is 20.5 Å². The highest BCUT2D eigenvalue weighted by Crippen LogP contribution is 2.36. The van der Waals surface area contributed by atoms with E-state index in [1.165, 1.54) is 7.11 Å². The lowest BCUT2D eigenvalue weighted by molar-refractivity contribution is -0.375. The maximum atomic E-state index is 12.5. The molecule has 0 spiro atoms. The number of rotatable bonds is 9. The molecule has 0 saturated carbocycles. The van der Waals surface area contributed by atoms with Gasteiger partial charge in [-0.3, -0.25) is 10.0 Å². The van der Waals surface area contributed by atoms with Gasteiger partial charge in [0.2, 0.25) is 0 Å². The number of benzene rings is 2. The zero-order valence-corrected chi connectivity index (χ0v) is 18.8. The minimum atomic E-state index is -0.674. The van der Waals surface area contributed by atoms with E-state index in [2.05, 4.69) is 22.4 Å². The largest absolute Gasteiger partial charge is 0.494 e. The third-order valence-electron chi connectivity index (χ3n) is 5.61. The van der Waals surface area contributed by atoms with Crippen molar-refractivity contribution in [3.63, 3.8) is 0 Å². The minimum absolute atomic E-state index is 0.202. The van der Waals surface area contributed by atoms with Gasteiger partial charge in [0, 0.05) is 30.5 Å². The zero-order chi connectivity index (χ0) is 23.9. The van der Waals surface area contributed by atoms with E-state index in [1.807, 2.05) is 36.4 Å². The number of hydrogen-bond acceptors (Lipinski definition) is 6. The van der Waals surface area contributed by atoms with Crippen molar-refractivity contribution in [1.82, 2.24) is 10.5 Å². The second kappa shape index (κ2) is 10.7. The Morgan fingerprint density at radius 1 is 1.00 bits per heavy atom. The summed E-state index contributed by atoms with van der Waals surface area (Å²) in [5, 5.41) is 22.0. The molecular weight excluding hydrogens is 432 g/mol. The lowest BCUT2D eigenvalue weighted by Crippen LogP contribution is -2.21. The van der Waals surface area contributed by atoms with E-state index in [4.69, 9.17) is 14.8 Å². The Bertz CT molecular complexity index is 1270. The van der Waals surface area contributed by atoms with Crippen LogP contribution in [0.25, 0.3) is 33.3 Å². The molecule has 1 amide bonds. The number of ether oxygens (including phenoxy) is 1. The fourth-order valence-corrected chi connectivity index (χ4v) is 3.88. The Hall–Kier alpha value is -4.01. The summed E-state index contributed by atoms with van der Waals surface area (Å²) in [7, 11) is 1.47. The van der Waals surface area contributed by atoms with Crippen LogP contribution >= 0.6 is 0 Å². The Morgan fingerprint density at radius 3 is 2.32 bits per heavy atom. The van der Waals surface area contributed by atoms with Gasteiger partial charge in [0.05, 0.1) is 18.0 Å². The van der Waals surface area contributed by atoms with Crippen molar-refractivity contribution in [3.05, 3.63) is 72.6 Å². The number of hydroxylamine groups is 1. The van der Waals surface area contributed by atoms with E-state index in [0.29, 0.717) is 16.6 Å². The van der Waals surface area contributed by atoms with Crippen molar-refractivity contribution in [2.75, 3.05) is 25.6 Å². The molecule has 0 fully saturated rings. The number of methoxy groups -OCH3 is 1. The molecule has 0 radical (unpaired) electrons. The van der Waals surface area contributed by atoms with E-state index in [0.717, 1.165) is 41.8 Å². The number of anilines is 1. The van der Waals surface area contributed by atoms with Gasteiger partial charge in [-0.2, -0.15) is 0 Å². The zero-order valence-electron chi connectivity index (χ0n) is 18.8. The summed E-state index contributed by atoms with van der Waals surface area (Å²) in [6.07, 6.45) is 5.08. The minimum Gasteiger partial charge on any atom is -0.494 e. The van der Waals surface area contributed by atoms with Gasteiger partial charge in [-0.25, -0.2) is 15.4 Å². The number of carbonyl (C=O) groups is 1. The van der Waals surface area contributed by atoms with Gasteiger partial charge in [0.1, 0.15) is 11.3 Å². The predicted octanol–water partition coefficient (Wildman–Crippen LogP) is 3.69. The average Bonchev–Trinajstić information content (AvgIpc) is 2.90. The predicted molar refractivity (Wildman–Crippen MR) is 130 cm³/mol. The molecule has 2 aromatic carbocycles. The molecule has 0 atom stereocenters. The molecule has 2 aromatic heterocycles. The number of pyridine rings is 2. The van der Waals surface area contributed by atoms with Crippen LogP contribution in [0.2, 0.25) is 0 Å². The van der Waals surface area contributed by atoms with Gasteiger partial charge in [-0.15, -0.1) is 0 Å². The van der Waals surface area contributed by atoms with Crippen LogP contribution in [0, 0.1) is 0 Å². The number of amides is 1. The maximum absolute atomic E-state index is 12.5. The van der Waals surface area contributed by atoms with Gasteiger partial charge in [-0.1, -0.05) is 36.4 Å². The smallest absolute Gasteiger partial charge is 0.279 e. The molecule has 174 valence electrons. The third kappa shape index (κ3) is 4.83.